The number of methoxy groups -OCH3 is 2. The highest BCUT2D eigenvalue weighted by Gasteiger charge is 2.25. The standard InChI is InChI=1S/C15H22N4O2S2/c1-19-6-5-9-10(8-19)23-14-12(9)13(17-15(18-14)22-4)16-7-11(20-2)21-3/h11H,5-8H2,1-4H3,(H,16,17,18)/p+1. The van der Waals surface area contributed by atoms with Gasteiger partial charge >= 0.3 is 0 Å². The highest BCUT2D eigenvalue weighted by molar-refractivity contribution is 7.98. The van der Waals surface area contributed by atoms with Crippen molar-refractivity contribution in [3.8, 4) is 0 Å². The number of ether oxygens (including phenoxy) is 2. The van der Waals surface area contributed by atoms with Gasteiger partial charge in [-0.2, -0.15) is 0 Å². The normalized spacial score (nSPS) is 17.7. The minimum Gasteiger partial charge on any atom is -0.364 e. The number of aromatic nitrogens is 2. The third-order valence-corrected chi connectivity index (χ3v) is 5.80. The summed E-state index contributed by atoms with van der Waals surface area (Å²) in [5, 5.41) is 5.38. The highest BCUT2D eigenvalue weighted by Crippen LogP contribution is 2.36. The van der Waals surface area contributed by atoms with E-state index in [1.807, 2.05) is 6.26 Å². The molecule has 1 aliphatic rings. The van der Waals surface area contributed by atoms with E-state index in [2.05, 4.69) is 17.3 Å². The first-order valence-corrected chi connectivity index (χ1v) is 9.67. The van der Waals surface area contributed by atoms with Crippen LogP contribution >= 0.6 is 23.1 Å². The molecule has 1 unspecified atom stereocenters. The molecule has 0 saturated heterocycles. The molecular weight excluding hydrogens is 332 g/mol. The minimum absolute atomic E-state index is 0.289. The minimum atomic E-state index is -0.289. The molecule has 0 aromatic carbocycles. The zero-order chi connectivity index (χ0) is 16.4. The summed E-state index contributed by atoms with van der Waals surface area (Å²) < 4.78 is 10.5. The number of quaternary nitrogens is 1. The SMILES string of the molecule is COC(CNc1nc(SC)nc2sc3c(c12)CC[NH+](C)C3)OC. The third-order valence-electron chi connectivity index (χ3n) is 4.12. The Labute approximate surface area is 144 Å². The van der Waals surface area contributed by atoms with Crippen molar-refractivity contribution in [2.75, 3.05) is 45.9 Å². The predicted molar refractivity (Wildman–Crippen MR) is 94.7 cm³/mol. The van der Waals surface area contributed by atoms with Crippen LogP contribution in [-0.2, 0) is 22.4 Å². The highest BCUT2D eigenvalue weighted by atomic mass is 32.2. The van der Waals surface area contributed by atoms with Crippen LogP contribution in [-0.4, -0.2) is 56.9 Å². The molecule has 3 heterocycles. The number of fused-ring (bicyclic) bond motifs is 3. The van der Waals surface area contributed by atoms with Gasteiger partial charge in [-0.15, -0.1) is 11.3 Å². The van der Waals surface area contributed by atoms with Crippen molar-refractivity contribution in [2.45, 2.75) is 24.4 Å². The van der Waals surface area contributed by atoms with Gasteiger partial charge in [-0.1, -0.05) is 11.8 Å². The Morgan fingerprint density at radius 2 is 2.13 bits per heavy atom. The fourth-order valence-corrected chi connectivity index (χ4v) is 4.61. The van der Waals surface area contributed by atoms with E-state index in [0.29, 0.717) is 6.54 Å². The third kappa shape index (κ3) is 3.46. The number of hydrogen-bond donors (Lipinski definition) is 2. The van der Waals surface area contributed by atoms with Crippen LogP contribution in [0.3, 0.4) is 0 Å². The number of likely N-dealkylation sites (N-methyl/N-ethyl adjacent to an activating group) is 1. The van der Waals surface area contributed by atoms with Gasteiger partial charge in [0.25, 0.3) is 0 Å². The van der Waals surface area contributed by atoms with Crippen molar-refractivity contribution in [2.24, 2.45) is 0 Å². The molecule has 0 saturated carbocycles. The van der Waals surface area contributed by atoms with Crippen LogP contribution in [0.1, 0.15) is 10.4 Å². The van der Waals surface area contributed by atoms with Crippen LogP contribution in [0, 0.1) is 0 Å². The Morgan fingerprint density at radius 3 is 2.83 bits per heavy atom. The van der Waals surface area contributed by atoms with Gasteiger partial charge in [-0.25, -0.2) is 9.97 Å². The summed E-state index contributed by atoms with van der Waals surface area (Å²) in [4.78, 5) is 13.5. The number of thiophene rings is 1. The summed E-state index contributed by atoms with van der Waals surface area (Å²) in [5.74, 6) is 0.899. The Balaban J connectivity index is 2.00. The van der Waals surface area contributed by atoms with Crippen molar-refractivity contribution in [1.82, 2.24) is 9.97 Å². The van der Waals surface area contributed by atoms with Crippen molar-refractivity contribution >= 4 is 39.1 Å². The second-order valence-electron chi connectivity index (χ2n) is 5.66. The molecular formula is C15H23N4O2S2+. The molecule has 2 N–H and O–H groups in total. The Morgan fingerprint density at radius 1 is 1.35 bits per heavy atom. The number of rotatable bonds is 6. The number of thioether (sulfide) groups is 1. The van der Waals surface area contributed by atoms with Crippen LogP contribution in [0.25, 0.3) is 10.2 Å². The number of hydrogen-bond acceptors (Lipinski definition) is 7. The second kappa shape index (κ2) is 7.31. The average molecular weight is 356 g/mol. The molecule has 8 heteroatoms. The van der Waals surface area contributed by atoms with Gasteiger partial charge in [0, 0.05) is 20.6 Å². The smallest absolute Gasteiger partial charge is 0.190 e. The number of anilines is 1. The summed E-state index contributed by atoms with van der Waals surface area (Å²) in [7, 11) is 5.53. The van der Waals surface area contributed by atoms with E-state index in [1.165, 1.54) is 15.8 Å². The molecule has 23 heavy (non-hydrogen) atoms. The topological polar surface area (TPSA) is 60.7 Å². The zero-order valence-corrected chi connectivity index (χ0v) is 15.6. The molecule has 6 nitrogen and oxygen atoms in total. The Kier molecular flexibility index (Phi) is 5.38. The Hall–Kier alpha value is -0.930. The lowest BCUT2D eigenvalue weighted by Gasteiger charge is -2.20. The molecule has 1 aliphatic heterocycles. The monoisotopic (exact) mass is 355 g/mol. The van der Waals surface area contributed by atoms with Gasteiger partial charge in [0.15, 0.2) is 11.4 Å². The molecule has 0 aliphatic carbocycles. The Bertz CT molecular complexity index is 688. The fraction of sp³-hybridized carbons (Fsp3) is 0.600. The van der Waals surface area contributed by atoms with E-state index in [1.54, 1.807) is 42.2 Å². The van der Waals surface area contributed by atoms with E-state index in [0.717, 1.165) is 35.3 Å². The van der Waals surface area contributed by atoms with Crippen molar-refractivity contribution in [3.05, 3.63) is 10.4 Å². The van der Waals surface area contributed by atoms with Crippen molar-refractivity contribution < 1.29 is 14.4 Å². The molecule has 3 rings (SSSR count). The summed E-state index contributed by atoms with van der Waals surface area (Å²) in [6.45, 7) is 2.78. The number of nitrogens with one attached hydrogen (secondary N) is 2. The summed E-state index contributed by atoms with van der Waals surface area (Å²) >= 11 is 3.37. The first kappa shape index (κ1) is 16.9. The first-order valence-electron chi connectivity index (χ1n) is 7.63. The van der Waals surface area contributed by atoms with Gasteiger partial charge in [0.1, 0.15) is 17.2 Å². The van der Waals surface area contributed by atoms with Crippen LogP contribution in [0.15, 0.2) is 5.16 Å². The quantitative estimate of drug-likeness (QED) is 0.458. The van der Waals surface area contributed by atoms with Gasteiger partial charge in [-0.3, -0.25) is 0 Å². The van der Waals surface area contributed by atoms with E-state index in [-0.39, 0.29) is 6.29 Å². The summed E-state index contributed by atoms with van der Waals surface area (Å²) in [6.07, 6.45) is 2.79. The zero-order valence-electron chi connectivity index (χ0n) is 13.9. The maximum atomic E-state index is 5.26. The predicted octanol–water partition coefficient (Wildman–Crippen LogP) is 1.01. The molecule has 0 bridgehead atoms. The molecule has 0 fully saturated rings. The average Bonchev–Trinajstić information content (AvgIpc) is 2.92. The summed E-state index contributed by atoms with van der Waals surface area (Å²) in [5.41, 5.74) is 1.41. The fourth-order valence-electron chi connectivity index (χ4n) is 2.85. The van der Waals surface area contributed by atoms with Crippen LogP contribution in [0.5, 0.6) is 0 Å². The van der Waals surface area contributed by atoms with Gasteiger partial charge in [0.2, 0.25) is 0 Å². The van der Waals surface area contributed by atoms with Crippen LogP contribution < -0.4 is 10.2 Å². The van der Waals surface area contributed by atoms with Crippen molar-refractivity contribution in [3.63, 3.8) is 0 Å². The first-order chi connectivity index (χ1) is 11.2. The largest absolute Gasteiger partial charge is 0.364 e. The van der Waals surface area contributed by atoms with E-state index < -0.39 is 0 Å². The number of nitrogens with zero attached hydrogens (tertiary/aromatic N) is 2. The van der Waals surface area contributed by atoms with E-state index >= 15 is 0 Å². The maximum absolute atomic E-state index is 5.26. The van der Waals surface area contributed by atoms with Crippen molar-refractivity contribution in [1.29, 1.82) is 0 Å². The lowest BCUT2D eigenvalue weighted by atomic mass is 10.1. The molecule has 2 aromatic rings. The lowest BCUT2D eigenvalue weighted by molar-refractivity contribution is -0.895. The molecule has 1 atom stereocenters. The molecule has 0 radical (unpaired) electrons. The van der Waals surface area contributed by atoms with E-state index in [9.17, 15) is 0 Å². The van der Waals surface area contributed by atoms with Gasteiger partial charge in [0.05, 0.1) is 30.4 Å². The molecule has 126 valence electrons. The second-order valence-corrected chi connectivity index (χ2v) is 7.52. The van der Waals surface area contributed by atoms with Gasteiger partial charge in [-0.05, 0) is 11.8 Å². The van der Waals surface area contributed by atoms with Gasteiger partial charge < -0.3 is 19.7 Å². The maximum Gasteiger partial charge on any atom is 0.190 e. The van der Waals surface area contributed by atoms with Crippen LogP contribution in [0.2, 0.25) is 0 Å². The molecule has 2 aromatic heterocycles. The van der Waals surface area contributed by atoms with E-state index in [4.69, 9.17) is 14.5 Å². The molecule has 0 spiro atoms. The van der Waals surface area contributed by atoms with Crippen LogP contribution in [0.4, 0.5) is 5.82 Å². The summed E-state index contributed by atoms with van der Waals surface area (Å²) in [6, 6.07) is 0. The lowest BCUT2D eigenvalue weighted by Crippen LogP contribution is -3.08. The molecule has 0 amide bonds.